The molecule has 158 valence electrons. The molecule has 2 aromatic carbocycles. The van der Waals surface area contributed by atoms with Crippen molar-refractivity contribution in [2.75, 3.05) is 25.6 Å². The number of nitrogens with one attached hydrogen (secondary N) is 1. The van der Waals surface area contributed by atoms with Gasteiger partial charge in [0.25, 0.3) is 0 Å². The Balaban J connectivity index is 1.79. The van der Waals surface area contributed by atoms with Crippen molar-refractivity contribution in [2.45, 2.75) is 25.5 Å². The molecule has 1 fully saturated rings. The van der Waals surface area contributed by atoms with Crippen LogP contribution in [-0.4, -0.2) is 47.4 Å². The average molecular weight is 428 g/mol. The summed E-state index contributed by atoms with van der Waals surface area (Å²) in [6.07, 6.45) is 0.118. The van der Waals surface area contributed by atoms with E-state index in [-0.39, 0.29) is 18.2 Å². The van der Waals surface area contributed by atoms with Crippen LogP contribution in [-0.2, 0) is 9.59 Å². The number of aliphatic imine (C=N–C) groups is 1. The molecule has 3 rings (SSSR count). The standard InChI is InChI=1S/C22H25N3O4S/c1-4-25-20(26)14-19(21(27)23-15-8-7-11-18(13-15)29-5-2)30-22(25)24-16-9-6-10-17(12-16)28-3/h6-13,19H,4-5,14H2,1-3H3,(H,23,27). The van der Waals surface area contributed by atoms with Crippen molar-refractivity contribution in [2.24, 2.45) is 4.99 Å². The molecule has 7 nitrogen and oxygen atoms in total. The van der Waals surface area contributed by atoms with Crippen molar-refractivity contribution < 1.29 is 19.1 Å². The Hall–Kier alpha value is -3.00. The number of hydrogen-bond donors (Lipinski definition) is 1. The fourth-order valence-electron chi connectivity index (χ4n) is 3.00. The molecule has 1 N–H and O–H groups in total. The van der Waals surface area contributed by atoms with Gasteiger partial charge in [-0.3, -0.25) is 14.5 Å². The largest absolute Gasteiger partial charge is 0.497 e. The summed E-state index contributed by atoms with van der Waals surface area (Å²) in [6, 6.07) is 14.5. The molecule has 0 saturated carbocycles. The molecular formula is C22H25N3O4S. The van der Waals surface area contributed by atoms with E-state index in [1.165, 1.54) is 11.8 Å². The van der Waals surface area contributed by atoms with Crippen LogP contribution >= 0.6 is 11.8 Å². The minimum atomic E-state index is -0.569. The van der Waals surface area contributed by atoms with Gasteiger partial charge in [0, 0.05) is 30.8 Å². The van der Waals surface area contributed by atoms with E-state index in [9.17, 15) is 9.59 Å². The summed E-state index contributed by atoms with van der Waals surface area (Å²) in [4.78, 5) is 31.7. The maximum Gasteiger partial charge on any atom is 0.238 e. The first-order valence-corrected chi connectivity index (χ1v) is 10.7. The number of carbonyl (C=O) groups is 2. The van der Waals surface area contributed by atoms with E-state index >= 15 is 0 Å². The summed E-state index contributed by atoms with van der Waals surface area (Å²) in [6.45, 7) is 4.82. The first-order chi connectivity index (χ1) is 14.5. The van der Waals surface area contributed by atoms with Gasteiger partial charge in [-0.1, -0.05) is 23.9 Å². The molecule has 0 aliphatic carbocycles. The number of methoxy groups -OCH3 is 1. The number of amidine groups is 1. The minimum absolute atomic E-state index is 0.118. The van der Waals surface area contributed by atoms with Crippen molar-refractivity contribution in [3.05, 3.63) is 48.5 Å². The molecule has 1 unspecified atom stereocenters. The molecule has 1 atom stereocenters. The highest BCUT2D eigenvalue weighted by Crippen LogP contribution is 2.31. The highest BCUT2D eigenvalue weighted by Gasteiger charge is 2.35. The quantitative estimate of drug-likeness (QED) is 0.720. The average Bonchev–Trinajstić information content (AvgIpc) is 2.74. The second-order valence-corrected chi connectivity index (χ2v) is 7.66. The maximum atomic E-state index is 12.9. The number of carbonyl (C=O) groups excluding carboxylic acids is 2. The Kier molecular flexibility index (Phi) is 7.35. The van der Waals surface area contributed by atoms with E-state index in [4.69, 9.17) is 9.47 Å². The second kappa shape index (κ2) is 10.2. The highest BCUT2D eigenvalue weighted by atomic mass is 32.2. The third-order valence-electron chi connectivity index (χ3n) is 4.44. The minimum Gasteiger partial charge on any atom is -0.497 e. The van der Waals surface area contributed by atoms with Crippen LogP contribution in [0.2, 0.25) is 0 Å². The van der Waals surface area contributed by atoms with E-state index in [1.807, 2.05) is 44.2 Å². The van der Waals surface area contributed by atoms with Gasteiger partial charge in [0.2, 0.25) is 11.8 Å². The lowest BCUT2D eigenvalue weighted by atomic mass is 10.2. The Bertz CT molecular complexity index is 947. The predicted octanol–water partition coefficient (Wildman–Crippen LogP) is 4.07. The normalized spacial score (nSPS) is 17.7. The second-order valence-electron chi connectivity index (χ2n) is 6.49. The number of nitrogens with zero attached hydrogens (tertiary/aromatic N) is 2. The smallest absolute Gasteiger partial charge is 0.238 e. The van der Waals surface area contributed by atoms with Gasteiger partial charge >= 0.3 is 0 Å². The molecule has 1 saturated heterocycles. The lowest BCUT2D eigenvalue weighted by Crippen LogP contribution is -2.45. The topological polar surface area (TPSA) is 80.2 Å². The van der Waals surface area contributed by atoms with Gasteiger partial charge in [0.1, 0.15) is 16.7 Å². The molecule has 0 radical (unpaired) electrons. The summed E-state index contributed by atoms with van der Waals surface area (Å²) >= 11 is 1.29. The molecule has 0 spiro atoms. The number of benzene rings is 2. The van der Waals surface area contributed by atoms with Gasteiger partial charge in [-0.2, -0.15) is 0 Å². The Morgan fingerprint density at radius 2 is 1.97 bits per heavy atom. The monoisotopic (exact) mass is 427 g/mol. The Morgan fingerprint density at radius 3 is 2.70 bits per heavy atom. The maximum absolute atomic E-state index is 12.9. The Labute approximate surface area is 180 Å². The Morgan fingerprint density at radius 1 is 1.20 bits per heavy atom. The number of thioether (sulfide) groups is 1. The lowest BCUT2D eigenvalue weighted by Gasteiger charge is -2.31. The fraction of sp³-hybridized carbons (Fsp3) is 0.318. The van der Waals surface area contributed by atoms with E-state index in [1.54, 1.807) is 30.2 Å². The number of rotatable bonds is 7. The fourth-order valence-corrected chi connectivity index (χ4v) is 4.16. The van der Waals surface area contributed by atoms with Crippen LogP contribution < -0.4 is 14.8 Å². The number of amides is 2. The first-order valence-electron chi connectivity index (χ1n) is 9.77. The molecule has 1 heterocycles. The molecule has 1 aliphatic heterocycles. The zero-order valence-electron chi connectivity index (χ0n) is 17.3. The van der Waals surface area contributed by atoms with Gasteiger partial charge in [-0.15, -0.1) is 0 Å². The zero-order chi connectivity index (χ0) is 21.5. The SMILES string of the molecule is CCOc1cccc(NC(=O)C2CC(=O)N(CC)C(=Nc3cccc(OC)c3)S2)c1. The van der Waals surface area contributed by atoms with E-state index in [2.05, 4.69) is 10.3 Å². The van der Waals surface area contributed by atoms with Crippen molar-refractivity contribution >= 4 is 40.1 Å². The van der Waals surface area contributed by atoms with Crippen molar-refractivity contribution in [1.29, 1.82) is 0 Å². The van der Waals surface area contributed by atoms with Gasteiger partial charge in [0.15, 0.2) is 5.17 Å². The van der Waals surface area contributed by atoms with Crippen LogP contribution in [0.3, 0.4) is 0 Å². The summed E-state index contributed by atoms with van der Waals surface area (Å²) in [5, 5.41) is 2.82. The first kappa shape index (κ1) is 21.7. The lowest BCUT2D eigenvalue weighted by molar-refractivity contribution is -0.129. The van der Waals surface area contributed by atoms with Crippen LogP contribution in [0.5, 0.6) is 11.5 Å². The van der Waals surface area contributed by atoms with Crippen LogP contribution in [0.4, 0.5) is 11.4 Å². The predicted molar refractivity (Wildman–Crippen MR) is 120 cm³/mol. The van der Waals surface area contributed by atoms with E-state index in [0.29, 0.717) is 41.2 Å². The molecule has 0 aromatic heterocycles. The number of hydrogen-bond acceptors (Lipinski definition) is 6. The summed E-state index contributed by atoms with van der Waals surface area (Å²) in [5.74, 6) is 0.993. The van der Waals surface area contributed by atoms with Gasteiger partial charge < -0.3 is 14.8 Å². The van der Waals surface area contributed by atoms with E-state index < -0.39 is 5.25 Å². The van der Waals surface area contributed by atoms with Crippen LogP contribution in [0, 0.1) is 0 Å². The molecular weight excluding hydrogens is 402 g/mol. The molecule has 2 amide bonds. The molecule has 0 bridgehead atoms. The number of ether oxygens (including phenoxy) is 2. The van der Waals surface area contributed by atoms with E-state index in [0.717, 1.165) is 0 Å². The van der Waals surface area contributed by atoms with Crippen molar-refractivity contribution in [3.63, 3.8) is 0 Å². The third kappa shape index (κ3) is 5.33. The molecule has 8 heteroatoms. The van der Waals surface area contributed by atoms with Gasteiger partial charge in [0.05, 0.1) is 19.4 Å². The van der Waals surface area contributed by atoms with Crippen molar-refractivity contribution in [1.82, 2.24) is 4.90 Å². The third-order valence-corrected chi connectivity index (χ3v) is 5.63. The van der Waals surface area contributed by atoms with Crippen molar-refractivity contribution in [3.8, 4) is 11.5 Å². The molecule has 30 heavy (non-hydrogen) atoms. The van der Waals surface area contributed by atoms with Gasteiger partial charge in [-0.25, -0.2) is 4.99 Å². The molecule has 1 aliphatic rings. The van der Waals surface area contributed by atoms with Crippen LogP contribution in [0.15, 0.2) is 53.5 Å². The number of anilines is 1. The summed E-state index contributed by atoms with van der Waals surface area (Å²) in [5.41, 5.74) is 1.29. The highest BCUT2D eigenvalue weighted by molar-refractivity contribution is 8.15. The summed E-state index contributed by atoms with van der Waals surface area (Å²) in [7, 11) is 1.59. The van der Waals surface area contributed by atoms with Crippen LogP contribution in [0.1, 0.15) is 20.3 Å². The van der Waals surface area contributed by atoms with Crippen LogP contribution in [0.25, 0.3) is 0 Å². The zero-order valence-corrected chi connectivity index (χ0v) is 18.1. The molecule has 2 aromatic rings. The summed E-state index contributed by atoms with van der Waals surface area (Å²) < 4.78 is 10.7. The van der Waals surface area contributed by atoms with Gasteiger partial charge in [-0.05, 0) is 38.1 Å².